The molecule has 0 aliphatic carbocycles. The molecule has 0 fully saturated rings. The smallest absolute Gasteiger partial charge is 0.328 e. The maximum absolute atomic E-state index is 13.3. The van der Waals surface area contributed by atoms with Crippen LogP contribution in [0.2, 0.25) is 0 Å². The number of carbonyl (C=O) groups is 1. The van der Waals surface area contributed by atoms with E-state index in [4.69, 9.17) is 9.15 Å². The molecule has 5 rings (SSSR count). The Labute approximate surface area is 224 Å². The number of fused-ring (bicyclic) bond motifs is 2. The van der Waals surface area contributed by atoms with Gasteiger partial charge in [0, 0.05) is 37.2 Å². The molecule has 206 valence electrons. The normalized spacial score (nSPS) is 12.2. The second kappa shape index (κ2) is 9.42. The van der Waals surface area contributed by atoms with E-state index >= 15 is 0 Å². The van der Waals surface area contributed by atoms with Crippen LogP contribution in [0.5, 0.6) is 28.7 Å². The molecule has 2 heterocycles. The van der Waals surface area contributed by atoms with E-state index in [9.17, 15) is 39.9 Å². The lowest BCUT2D eigenvalue weighted by molar-refractivity contribution is -0.140. The number of ether oxygens (including phenoxy) is 1. The summed E-state index contributed by atoms with van der Waals surface area (Å²) in [4.78, 5) is 38.3. The molecule has 0 amide bonds. The minimum Gasteiger partial charge on any atom is -0.507 e. The number of carbonyl (C=O) groups excluding carboxylic acids is 1. The number of phenolic OH excluding ortho intramolecular Hbond substituents is 4. The van der Waals surface area contributed by atoms with Crippen molar-refractivity contribution in [2.24, 2.45) is 14.1 Å². The minimum atomic E-state index is -1.04. The Morgan fingerprint density at radius 3 is 2.25 bits per heavy atom. The molecule has 1 atom stereocenters. The highest BCUT2D eigenvalue weighted by atomic mass is 16.5. The fourth-order valence-electron chi connectivity index (χ4n) is 4.92. The van der Waals surface area contributed by atoms with Crippen molar-refractivity contribution in [1.29, 1.82) is 0 Å². The zero-order valence-corrected chi connectivity index (χ0v) is 21.5. The van der Waals surface area contributed by atoms with E-state index in [1.807, 2.05) is 0 Å². The number of nitrogens with zero attached hydrogens (tertiary/aromatic N) is 2. The van der Waals surface area contributed by atoms with Gasteiger partial charge in [-0.1, -0.05) is 6.07 Å². The van der Waals surface area contributed by atoms with Gasteiger partial charge in [0.15, 0.2) is 17.3 Å². The van der Waals surface area contributed by atoms with Gasteiger partial charge >= 0.3 is 11.7 Å². The van der Waals surface area contributed by atoms with Crippen molar-refractivity contribution >= 4 is 28.0 Å². The number of esters is 1. The van der Waals surface area contributed by atoms with Gasteiger partial charge in [-0.2, -0.15) is 0 Å². The van der Waals surface area contributed by atoms with Crippen LogP contribution in [0, 0.1) is 0 Å². The molecule has 0 aliphatic heterocycles. The van der Waals surface area contributed by atoms with Crippen molar-refractivity contribution in [3.63, 3.8) is 0 Å². The molecule has 12 heteroatoms. The number of hydrogen-bond donors (Lipinski definition) is 5. The van der Waals surface area contributed by atoms with Gasteiger partial charge in [-0.25, -0.2) is 4.79 Å². The molecular weight excluding hydrogens is 524 g/mol. The van der Waals surface area contributed by atoms with Crippen LogP contribution in [0.25, 0.3) is 33.3 Å². The van der Waals surface area contributed by atoms with Crippen LogP contribution in [0.4, 0.5) is 0 Å². The summed E-state index contributed by atoms with van der Waals surface area (Å²) in [6.07, 6.45) is -0.337. The van der Waals surface area contributed by atoms with Crippen molar-refractivity contribution < 1.29 is 39.5 Å². The predicted octanol–water partition coefficient (Wildman–Crippen LogP) is 2.87. The average Bonchev–Trinajstić information content (AvgIpc) is 3.14. The first-order chi connectivity index (χ1) is 18.9. The molecule has 40 heavy (non-hydrogen) atoms. The Morgan fingerprint density at radius 2 is 1.57 bits per heavy atom. The SMILES string of the molecule is COC(=O)CC(c1ccc2c(c1)n(C)c(=O)n2C)c1c(O)cc(O)c2c(=O)c(O)c(-c3ccc(O)c(O)c3)oc12. The molecule has 1 unspecified atom stereocenters. The number of rotatable bonds is 5. The summed E-state index contributed by atoms with van der Waals surface area (Å²) in [6, 6.07) is 9.32. The minimum absolute atomic E-state index is 0.00538. The molecular formula is C28H24N2O10. The van der Waals surface area contributed by atoms with Crippen molar-refractivity contribution in [1.82, 2.24) is 9.13 Å². The summed E-state index contributed by atoms with van der Waals surface area (Å²) < 4.78 is 13.7. The molecule has 5 aromatic rings. The number of imidazole rings is 1. The van der Waals surface area contributed by atoms with E-state index in [0.717, 1.165) is 18.2 Å². The van der Waals surface area contributed by atoms with Gasteiger partial charge < -0.3 is 34.7 Å². The predicted molar refractivity (Wildman–Crippen MR) is 143 cm³/mol. The molecule has 0 radical (unpaired) electrons. The lowest BCUT2D eigenvalue weighted by Crippen LogP contribution is -2.19. The molecule has 5 N–H and O–H groups in total. The number of benzene rings is 3. The van der Waals surface area contributed by atoms with E-state index in [-0.39, 0.29) is 28.8 Å². The molecule has 2 aromatic heterocycles. The zero-order chi connectivity index (χ0) is 29.0. The van der Waals surface area contributed by atoms with Gasteiger partial charge in [0.05, 0.1) is 24.6 Å². The second-order valence-corrected chi connectivity index (χ2v) is 9.33. The van der Waals surface area contributed by atoms with Crippen molar-refractivity contribution in [2.45, 2.75) is 12.3 Å². The Balaban J connectivity index is 1.86. The Hall–Kier alpha value is -5.39. The van der Waals surface area contributed by atoms with Crippen molar-refractivity contribution in [3.05, 3.63) is 74.3 Å². The van der Waals surface area contributed by atoms with Gasteiger partial charge in [-0.05, 0) is 35.9 Å². The van der Waals surface area contributed by atoms with E-state index in [2.05, 4.69) is 0 Å². The molecule has 0 aliphatic rings. The van der Waals surface area contributed by atoms with Crippen molar-refractivity contribution in [2.75, 3.05) is 7.11 Å². The number of methoxy groups -OCH3 is 1. The maximum atomic E-state index is 13.3. The second-order valence-electron chi connectivity index (χ2n) is 9.33. The van der Waals surface area contributed by atoms with E-state index in [1.54, 1.807) is 32.3 Å². The summed E-state index contributed by atoms with van der Waals surface area (Å²) in [5.41, 5.74) is -0.135. The van der Waals surface area contributed by atoms with E-state index in [0.29, 0.717) is 16.6 Å². The van der Waals surface area contributed by atoms with Crippen LogP contribution in [0.15, 0.2) is 56.5 Å². The zero-order valence-electron chi connectivity index (χ0n) is 21.5. The third-order valence-corrected chi connectivity index (χ3v) is 7.02. The van der Waals surface area contributed by atoms with Crippen LogP contribution < -0.4 is 11.1 Å². The fraction of sp³-hybridized carbons (Fsp3) is 0.179. The van der Waals surface area contributed by atoms with Gasteiger partial charge in [0.25, 0.3) is 0 Å². The van der Waals surface area contributed by atoms with Crippen LogP contribution in [-0.2, 0) is 23.6 Å². The van der Waals surface area contributed by atoms with Crippen LogP contribution >= 0.6 is 0 Å². The van der Waals surface area contributed by atoms with Gasteiger partial charge in [0.2, 0.25) is 11.2 Å². The molecule has 0 saturated heterocycles. The van der Waals surface area contributed by atoms with Crippen LogP contribution in [0.1, 0.15) is 23.5 Å². The molecule has 12 nitrogen and oxygen atoms in total. The Morgan fingerprint density at radius 1 is 0.875 bits per heavy atom. The first-order valence-electron chi connectivity index (χ1n) is 11.9. The standard InChI is InChI=1S/C28H24N2O10/c1-29-15-6-4-12(8-16(15)30(2)28(29)38)14(10-21(35)39-3)22-19(33)11-20(34)23-24(36)25(37)26(40-27(22)23)13-5-7-17(31)18(32)9-13/h4-9,11,14,31-34,37H,10H2,1-3H3. The molecule has 0 bridgehead atoms. The maximum Gasteiger partial charge on any atom is 0.328 e. The molecule has 3 aromatic carbocycles. The van der Waals surface area contributed by atoms with Gasteiger partial charge in [-0.15, -0.1) is 0 Å². The number of aromatic hydroxyl groups is 5. The fourth-order valence-corrected chi connectivity index (χ4v) is 4.92. The van der Waals surface area contributed by atoms with E-state index in [1.165, 1.54) is 22.3 Å². The quantitative estimate of drug-likeness (QED) is 0.162. The van der Waals surface area contributed by atoms with Crippen LogP contribution in [-0.4, -0.2) is 47.7 Å². The Kier molecular flexibility index (Phi) is 6.17. The lowest BCUT2D eigenvalue weighted by atomic mass is 9.86. The number of aryl methyl sites for hydroxylation is 2. The lowest BCUT2D eigenvalue weighted by Gasteiger charge is -2.21. The van der Waals surface area contributed by atoms with Gasteiger partial charge in [-0.3, -0.25) is 18.7 Å². The third kappa shape index (κ3) is 3.97. The third-order valence-electron chi connectivity index (χ3n) is 7.02. The highest BCUT2D eigenvalue weighted by Gasteiger charge is 2.30. The average molecular weight is 549 g/mol. The molecule has 0 spiro atoms. The van der Waals surface area contributed by atoms with Crippen LogP contribution in [0.3, 0.4) is 0 Å². The van der Waals surface area contributed by atoms with Crippen molar-refractivity contribution in [3.8, 4) is 40.1 Å². The number of phenols is 4. The van der Waals surface area contributed by atoms with E-state index < -0.39 is 57.2 Å². The highest BCUT2D eigenvalue weighted by molar-refractivity contribution is 5.92. The first-order valence-corrected chi connectivity index (χ1v) is 11.9. The largest absolute Gasteiger partial charge is 0.507 e. The monoisotopic (exact) mass is 548 g/mol. The first kappa shape index (κ1) is 26.2. The summed E-state index contributed by atoms with van der Waals surface area (Å²) in [5, 5.41) is 51.5. The molecule has 0 saturated carbocycles. The highest BCUT2D eigenvalue weighted by Crippen LogP contribution is 2.45. The number of aromatic nitrogens is 2. The van der Waals surface area contributed by atoms with Gasteiger partial charge in [0.1, 0.15) is 22.5 Å². The summed E-state index contributed by atoms with van der Waals surface area (Å²) in [7, 11) is 4.38. The Bertz CT molecular complexity index is 1970. The topological polar surface area (TPSA) is 185 Å². The summed E-state index contributed by atoms with van der Waals surface area (Å²) >= 11 is 0. The summed E-state index contributed by atoms with van der Waals surface area (Å²) in [6.45, 7) is 0. The number of hydrogen-bond acceptors (Lipinski definition) is 10. The summed E-state index contributed by atoms with van der Waals surface area (Å²) in [5.74, 6) is -5.20.